The van der Waals surface area contributed by atoms with E-state index in [1.54, 1.807) is 24.4 Å². The lowest BCUT2D eigenvalue weighted by atomic mass is 10.1. The van der Waals surface area contributed by atoms with Gasteiger partial charge in [-0.3, -0.25) is 4.79 Å². The summed E-state index contributed by atoms with van der Waals surface area (Å²) in [4.78, 5) is 12.5. The average molecular weight is 413 g/mol. The molecule has 0 bridgehead atoms. The summed E-state index contributed by atoms with van der Waals surface area (Å²) in [5.41, 5.74) is 4.05. The number of ether oxygens (including phenoxy) is 1. The number of anilines is 1. The summed E-state index contributed by atoms with van der Waals surface area (Å²) < 4.78 is 7.98. The van der Waals surface area contributed by atoms with E-state index in [1.807, 2.05) is 18.2 Å². The number of nitrogens with one attached hydrogen (secondary N) is 1. The highest BCUT2D eigenvalue weighted by Gasteiger charge is 2.09. The molecule has 0 saturated heterocycles. The Morgan fingerprint density at radius 1 is 0.968 bits per heavy atom. The zero-order chi connectivity index (χ0) is 21.6. The van der Waals surface area contributed by atoms with Crippen LogP contribution in [0, 0.1) is 0 Å². The number of carbonyl (C=O) groups is 1. The SMILES string of the molecule is CCCCOc1ccc(C(=O)C=CNc2ccc3c(c2)c2ccccc2n3CC)cc1. The highest BCUT2D eigenvalue weighted by molar-refractivity contribution is 6.09. The highest BCUT2D eigenvalue weighted by atomic mass is 16.5. The van der Waals surface area contributed by atoms with E-state index in [9.17, 15) is 4.79 Å². The monoisotopic (exact) mass is 412 g/mol. The number of hydrogen-bond acceptors (Lipinski definition) is 3. The first-order valence-corrected chi connectivity index (χ1v) is 10.9. The van der Waals surface area contributed by atoms with E-state index in [1.165, 1.54) is 21.8 Å². The van der Waals surface area contributed by atoms with Crippen molar-refractivity contribution in [2.24, 2.45) is 0 Å². The van der Waals surface area contributed by atoms with Crippen molar-refractivity contribution in [3.05, 3.63) is 84.6 Å². The fourth-order valence-electron chi connectivity index (χ4n) is 3.84. The fourth-order valence-corrected chi connectivity index (χ4v) is 3.84. The number of aryl methyl sites for hydroxylation is 1. The molecule has 31 heavy (non-hydrogen) atoms. The van der Waals surface area contributed by atoms with Gasteiger partial charge in [0.2, 0.25) is 0 Å². The van der Waals surface area contributed by atoms with Gasteiger partial charge in [0.1, 0.15) is 5.75 Å². The Labute approximate surface area is 183 Å². The first-order chi connectivity index (χ1) is 15.2. The van der Waals surface area contributed by atoms with Crippen molar-refractivity contribution in [2.45, 2.75) is 33.2 Å². The van der Waals surface area contributed by atoms with Crippen LogP contribution in [0.1, 0.15) is 37.0 Å². The topological polar surface area (TPSA) is 43.3 Å². The third kappa shape index (κ3) is 4.48. The van der Waals surface area contributed by atoms with Crippen LogP contribution in [0.4, 0.5) is 5.69 Å². The Kier molecular flexibility index (Phi) is 6.37. The molecule has 1 N–H and O–H groups in total. The van der Waals surface area contributed by atoms with Crippen molar-refractivity contribution in [1.29, 1.82) is 0 Å². The smallest absolute Gasteiger partial charge is 0.187 e. The maximum atomic E-state index is 12.5. The Morgan fingerprint density at radius 2 is 1.74 bits per heavy atom. The van der Waals surface area contributed by atoms with Gasteiger partial charge < -0.3 is 14.6 Å². The van der Waals surface area contributed by atoms with Gasteiger partial charge in [0, 0.05) is 51.9 Å². The predicted octanol–water partition coefficient (Wildman–Crippen LogP) is 6.80. The minimum Gasteiger partial charge on any atom is -0.494 e. The van der Waals surface area contributed by atoms with Crippen molar-refractivity contribution in [1.82, 2.24) is 4.57 Å². The molecule has 4 heteroatoms. The molecule has 4 nitrogen and oxygen atoms in total. The van der Waals surface area contributed by atoms with Gasteiger partial charge in [-0.15, -0.1) is 0 Å². The molecular weight excluding hydrogens is 384 g/mol. The number of hydrogen-bond donors (Lipinski definition) is 1. The average Bonchev–Trinajstić information content (AvgIpc) is 3.12. The van der Waals surface area contributed by atoms with Crippen LogP contribution in [0.3, 0.4) is 0 Å². The lowest BCUT2D eigenvalue weighted by Crippen LogP contribution is -1.99. The van der Waals surface area contributed by atoms with Gasteiger partial charge in [-0.25, -0.2) is 0 Å². The molecule has 0 aliphatic heterocycles. The molecule has 1 heterocycles. The molecule has 0 atom stereocenters. The van der Waals surface area contributed by atoms with Crippen molar-refractivity contribution in [3.63, 3.8) is 0 Å². The Hall–Kier alpha value is -3.53. The summed E-state index contributed by atoms with van der Waals surface area (Å²) >= 11 is 0. The van der Waals surface area contributed by atoms with Crippen LogP contribution in [0.15, 0.2) is 79.0 Å². The summed E-state index contributed by atoms with van der Waals surface area (Å²) in [5, 5.41) is 5.69. The summed E-state index contributed by atoms with van der Waals surface area (Å²) in [7, 11) is 0. The zero-order valence-corrected chi connectivity index (χ0v) is 18.1. The fraction of sp³-hybridized carbons (Fsp3) is 0.222. The second-order valence-electron chi connectivity index (χ2n) is 7.56. The molecule has 3 aromatic carbocycles. The quantitative estimate of drug-likeness (QED) is 0.187. The largest absolute Gasteiger partial charge is 0.494 e. The van der Waals surface area contributed by atoms with Crippen LogP contribution >= 0.6 is 0 Å². The van der Waals surface area contributed by atoms with Crippen LogP contribution in [-0.2, 0) is 6.54 Å². The second-order valence-corrected chi connectivity index (χ2v) is 7.56. The van der Waals surface area contributed by atoms with Crippen LogP contribution in [0.2, 0.25) is 0 Å². The normalized spacial score (nSPS) is 11.4. The van der Waals surface area contributed by atoms with E-state index in [2.05, 4.69) is 60.1 Å². The molecule has 0 amide bonds. The Bertz CT molecular complexity index is 1220. The maximum Gasteiger partial charge on any atom is 0.187 e. The number of allylic oxidation sites excluding steroid dienone is 1. The highest BCUT2D eigenvalue weighted by Crippen LogP contribution is 2.31. The van der Waals surface area contributed by atoms with Crippen LogP contribution < -0.4 is 10.1 Å². The molecule has 0 unspecified atom stereocenters. The van der Waals surface area contributed by atoms with Gasteiger partial charge in [-0.2, -0.15) is 0 Å². The summed E-state index contributed by atoms with van der Waals surface area (Å²) in [6, 6.07) is 22.1. The third-order valence-corrected chi connectivity index (χ3v) is 5.48. The van der Waals surface area contributed by atoms with Crippen molar-refractivity contribution in [2.75, 3.05) is 11.9 Å². The van der Waals surface area contributed by atoms with Gasteiger partial charge in [-0.1, -0.05) is 31.5 Å². The van der Waals surface area contributed by atoms with Crippen LogP contribution in [0.5, 0.6) is 5.75 Å². The van der Waals surface area contributed by atoms with Gasteiger partial charge in [0.25, 0.3) is 0 Å². The van der Waals surface area contributed by atoms with E-state index < -0.39 is 0 Å². The van der Waals surface area contributed by atoms with Crippen molar-refractivity contribution >= 4 is 33.3 Å². The molecule has 1 aromatic heterocycles. The van der Waals surface area contributed by atoms with Crippen molar-refractivity contribution in [3.8, 4) is 5.75 Å². The van der Waals surface area contributed by atoms with Crippen LogP contribution in [-0.4, -0.2) is 17.0 Å². The number of rotatable bonds is 9. The third-order valence-electron chi connectivity index (χ3n) is 5.48. The Morgan fingerprint density at radius 3 is 2.52 bits per heavy atom. The minimum atomic E-state index is -0.0451. The van der Waals surface area contributed by atoms with Crippen molar-refractivity contribution < 1.29 is 9.53 Å². The molecule has 0 aliphatic rings. The molecular formula is C27H28N2O2. The molecule has 4 rings (SSSR count). The number of carbonyl (C=O) groups excluding carboxylic acids is 1. The number of aromatic nitrogens is 1. The second kappa shape index (κ2) is 9.52. The molecule has 0 radical (unpaired) electrons. The van der Waals surface area contributed by atoms with E-state index >= 15 is 0 Å². The van der Waals surface area contributed by atoms with E-state index in [4.69, 9.17) is 4.74 Å². The summed E-state index contributed by atoms with van der Waals surface area (Å²) in [6.45, 7) is 5.92. The molecule has 0 saturated carbocycles. The molecule has 4 aromatic rings. The molecule has 0 spiro atoms. The first-order valence-electron chi connectivity index (χ1n) is 10.9. The van der Waals surface area contributed by atoms with Gasteiger partial charge >= 0.3 is 0 Å². The zero-order valence-electron chi connectivity index (χ0n) is 18.1. The van der Waals surface area contributed by atoms with Gasteiger partial charge in [0.15, 0.2) is 5.78 Å². The van der Waals surface area contributed by atoms with E-state index in [-0.39, 0.29) is 5.78 Å². The number of ketones is 1. The van der Waals surface area contributed by atoms with Gasteiger partial charge in [-0.05, 0) is 61.9 Å². The number of benzene rings is 3. The molecule has 0 aliphatic carbocycles. The minimum absolute atomic E-state index is 0.0451. The number of fused-ring (bicyclic) bond motifs is 3. The number of nitrogens with zero attached hydrogens (tertiary/aromatic N) is 1. The predicted molar refractivity (Wildman–Crippen MR) is 129 cm³/mol. The van der Waals surface area contributed by atoms with Crippen LogP contribution in [0.25, 0.3) is 21.8 Å². The van der Waals surface area contributed by atoms with E-state index in [0.29, 0.717) is 12.2 Å². The number of unbranched alkanes of at least 4 members (excludes halogenated alkanes) is 1. The lowest BCUT2D eigenvalue weighted by Gasteiger charge is -2.05. The number of para-hydroxylation sites is 1. The molecule has 0 fully saturated rings. The first kappa shape index (κ1) is 20.7. The van der Waals surface area contributed by atoms with Gasteiger partial charge in [0.05, 0.1) is 6.61 Å². The standard InChI is InChI=1S/C27H28N2O2/c1-3-5-18-31-22-13-10-20(11-14-22)27(30)16-17-28-21-12-15-26-24(19-21)23-8-6-7-9-25(23)29(26)4-2/h6-17,19,28H,3-5,18H2,1-2H3. The summed E-state index contributed by atoms with van der Waals surface area (Å²) in [5.74, 6) is 0.753. The molecule has 158 valence electrons. The lowest BCUT2D eigenvalue weighted by molar-refractivity contribution is 0.104. The Balaban J connectivity index is 1.46. The summed E-state index contributed by atoms with van der Waals surface area (Å²) in [6.07, 6.45) is 5.39. The van der Waals surface area contributed by atoms with E-state index in [0.717, 1.165) is 30.8 Å². The maximum absolute atomic E-state index is 12.5.